The molecule has 3 heterocycles. The average molecular weight is 577 g/mol. The number of nitrogens with two attached hydrogens (primary N) is 1. The lowest BCUT2D eigenvalue weighted by atomic mass is 9.97. The largest absolute Gasteiger partial charge is 0.383 e. The molecule has 3 aromatic heterocycles. The Bertz CT molecular complexity index is 1980. The van der Waals surface area contributed by atoms with Crippen molar-refractivity contribution in [2.45, 2.75) is 38.6 Å². The molecule has 2 N–H and O–H groups in total. The van der Waals surface area contributed by atoms with Crippen LogP contribution in [0.15, 0.2) is 78.0 Å². The third-order valence-electron chi connectivity index (χ3n) is 7.61. The number of rotatable bonds is 8. The number of ketones is 1. The van der Waals surface area contributed by atoms with Crippen molar-refractivity contribution in [2.75, 3.05) is 5.73 Å². The van der Waals surface area contributed by atoms with Gasteiger partial charge in [0, 0.05) is 47.6 Å². The Labute approximate surface area is 245 Å². The number of hydrogen-bond acceptors (Lipinski definition) is 5. The van der Waals surface area contributed by atoms with E-state index < -0.39 is 23.0 Å². The molecule has 0 amide bonds. The fraction of sp³-hybridized carbons (Fsp3) is 0.182. The number of hydrogen-bond donors (Lipinski definition) is 1. The summed E-state index contributed by atoms with van der Waals surface area (Å²) >= 11 is 0. The first kappa shape index (κ1) is 27.7. The molecule has 5 aromatic rings. The van der Waals surface area contributed by atoms with Gasteiger partial charge in [-0.15, -0.1) is 0 Å². The molecular weight excluding hydrogens is 550 g/mol. The summed E-state index contributed by atoms with van der Waals surface area (Å²) in [7, 11) is 0. The van der Waals surface area contributed by atoms with Crippen molar-refractivity contribution < 1.29 is 13.6 Å². The summed E-state index contributed by atoms with van der Waals surface area (Å²) < 4.78 is 32.0. The minimum Gasteiger partial charge on any atom is -0.383 e. The number of anilines is 1. The maximum atomic E-state index is 15.5. The third kappa shape index (κ3) is 5.33. The maximum Gasteiger partial charge on any atom is 0.334 e. The van der Waals surface area contributed by atoms with Gasteiger partial charge in [0.1, 0.15) is 28.7 Å². The van der Waals surface area contributed by atoms with Gasteiger partial charge < -0.3 is 10.6 Å². The van der Waals surface area contributed by atoms with Gasteiger partial charge in [0.15, 0.2) is 5.78 Å². The van der Waals surface area contributed by atoms with Gasteiger partial charge in [-0.2, -0.15) is 5.10 Å². The van der Waals surface area contributed by atoms with Crippen molar-refractivity contribution in [3.05, 3.63) is 123 Å². The van der Waals surface area contributed by atoms with Crippen molar-refractivity contribution >= 4 is 17.4 Å². The SMILES string of the molecule is [C-]#[N+]c1c(C2CC2)cc(C(=O)Cc2ccc(-c3cc(-c4cnn(CC)c4)cnc3N)c(F)c2)c(=O)n1-c1ccc(F)cc1. The molecule has 1 aliphatic carbocycles. The second-order valence-corrected chi connectivity index (χ2v) is 10.5. The molecule has 8 nitrogen and oxygen atoms in total. The smallest absolute Gasteiger partial charge is 0.334 e. The second-order valence-electron chi connectivity index (χ2n) is 10.5. The average Bonchev–Trinajstić information content (AvgIpc) is 3.73. The topological polar surface area (TPSA) is 100 Å². The van der Waals surface area contributed by atoms with Crippen molar-refractivity contribution in [3.63, 3.8) is 0 Å². The highest BCUT2D eigenvalue weighted by molar-refractivity contribution is 5.98. The van der Waals surface area contributed by atoms with Crippen LogP contribution >= 0.6 is 0 Å². The van der Waals surface area contributed by atoms with Crippen LogP contribution in [0.4, 0.5) is 20.4 Å². The zero-order chi connectivity index (χ0) is 30.2. The predicted molar refractivity (Wildman–Crippen MR) is 159 cm³/mol. The van der Waals surface area contributed by atoms with Crippen LogP contribution < -0.4 is 11.3 Å². The number of nitrogen functional groups attached to an aromatic ring is 1. The summed E-state index contributed by atoms with van der Waals surface area (Å²) in [6.45, 7) is 10.4. The van der Waals surface area contributed by atoms with Crippen LogP contribution in [0.5, 0.6) is 0 Å². The molecule has 214 valence electrons. The Morgan fingerprint density at radius 2 is 1.81 bits per heavy atom. The molecule has 10 heteroatoms. The van der Waals surface area contributed by atoms with E-state index in [1.54, 1.807) is 35.3 Å². The number of Topliss-reactive ketones (excluding diaryl/α,β-unsaturated/α-hetero) is 1. The molecule has 0 aliphatic heterocycles. The second kappa shape index (κ2) is 11.1. The molecule has 0 radical (unpaired) electrons. The summed E-state index contributed by atoms with van der Waals surface area (Å²) in [6.07, 6.45) is 6.62. The number of aromatic nitrogens is 4. The summed E-state index contributed by atoms with van der Waals surface area (Å²) in [6, 6.07) is 12.8. The number of halogens is 2. The molecule has 6 rings (SSSR count). The number of nitrogens with zero attached hydrogens (tertiary/aromatic N) is 5. The number of benzene rings is 2. The molecule has 0 spiro atoms. The van der Waals surface area contributed by atoms with E-state index in [9.17, 15) is 14.0 Å². The minimum absolute atomic E-state index is 0.0609. The van der Waals surface area contributed by atoms with E-state index in [1.165, 1.54) is 41.0 Å². The van der Waals surface area contributed by atoms with Gasteiger partial charge in [0.25, 0.3) is 0 Å². The molecule has 0 atom stereocenters. The van der Waals surface area contributed by atoms with Gasteiger partial charge in [-0.1, -0.05) is 18.7 Å². The number of aryl methyl sites for hydroxylation is 1. The Balaban J connectivity index is 1.33. The van der Waals surface area contributed by atoms with Crippen LogP contribution in [-0.2, 0) is 13.0 Å². The fourth-order valence-electron chi connectivity index (χ4n) is 5.17. The van der Waals surface area contributed by atoms with Crippen molar-refractivity contribution in [1.29, 1.82) is 0 Å². The van der Waals surface area contributed by atoms with Crippen LogP contribution in [0.2, 0.25) is 0 Å². The Hall–Kier alpha value is -5.43. The molecule has 0 bridgehead atoms. The van der Waals surface area contributed by atoms with E-state index in [1.807, 2.05) is 13.1 Å². The highest BCUT2D eigenvalue weighted by atomic mass is 19.1. The third-order valence-corrected chi connectivity index (χ3v) is 7.61. The fourth-order valence-corrected chi connectivity index (χ4v) is 5.17. The lowest BCUT2D eigenvalue weighted by molar-refractivity contribution is 0.0991. The molecule has 43 heavy (non-hydrogen) atoms. The van der Waals surface area contributed by atoms with Crippen LogP contribution in [0, 0.1) is 18.2 Å². The highest BCUT2D eigenvalue weighted by Gasteiger charge is 2.31. The Kier molecular flexibility index (Phi) is 7.16. The first-order valence-corrected chi connectivity index (χ1v) is 13.8. The lowest BCUT2D eigenvalue weighted by Gasteiger charge is -2.13. The first-order valence-electron chi connectivity index (χ1n) is 13.8. The summed E-state index contributed by atoms with van der Waals surface area (Å²) in [4.78, 5) is 34.9. The van der Waals surface area contributed by atoms with Gasteiger partial charge in [0.05, 0.1) is 6.20 Å². The molecule has 0 saturated heterocycles. The van der Waals surface area contributed by atoms with Gasteiger partial charge in [-0.05, 0) is 79.3 Å². The van der Waals surface area contributed by atoms with E-state index >= 15 is 4.39 Å². The molecule has 1 saturated carbocycles. The van der Waals surface area contributed by atoms with E-state index in [0.29, 0.717) is 28.9 Å². The van der Waals surface area contributed by atoms with Crippen LogP contribution in [0.25, 0.3) is 32.8 Å². The molecular formula is C33H26F2N6O2. The van der Waals surface area contributed by atoms with Gasteiger partial charge >= 0.3 is 5.56 Å². The first-order chi connectivity index (χ1) is 20.8. The van der Waals surface area contributed by atoms with Gasteiger partial charge in [-0.25, -0.2) is 23.1 Å². The normalized spacial score (nSPS) is 12.7. The maximum absolute atomic E-state index is 15.5. The highest BCUT2D eigenvalue weighted by Crippen LogP contribution is 2.44. The van der Waals surface area contributed by atoms with E-state index in [-0.39, 0.29) is 35.1 Å². The zero-order valence-electron chi connectivity index (χ0n) is 23.2. The van der Waals surface area contributed by atoms with E-state index in [0.717, 1.165) is 24.0 Å². The molecule has 0 unspecified atom stereocenters. The summed E-state index contributed by atoms with van der Waals surface area (Å²) in [5.41, 5.74) is 8.79. The Morgan fingerprint density at radius 3 is 2.47 bits per heavy atom. The van der Waals surface area contributed by atoms with Crippen LogP contribution in [-0.4, -0.2) is 25.1 Å². The quantitative estimate of drug-likeness (QED) is 0.168. The van der Waals surface area contributed by atoms with Gasteiger partial charge in [0.2, 0.25) is 5.82 Å². The van der Waals surface area contributed by atoms with Crippen molar-refractivity contribution in [1.82, 2.24) is 19.3 Å². The van der Waals surface area contributed by atoms with Crippen molar-refractivity contribution in [2.24, 2.45) is 0 Å². The van der Waals surface area contributed by atoms with E-state index in [2.05, 4.69) is 14.9 Å². The van der Waals surface area contributed by atoms with E-state index in [4.69, 9.17) is 12.3 Å². The standard InChI is InChI=1S/C33H26F2N6O2/c1-3-40-18-22(17-39-40)21-14-27(31(36)38-16-21)25-11-4-19(12-29(25)35)13-30(42)28-15-26(20-5-6-20)32(37-2)41(33(28)43)24-9-7-23(34)8-10-24/h4,7-12,14-18,20H,3,5-6,13H2,1H3,(H2,36,38). The Morgan fingerprint density at radius 1 is 1.05 bits per heavy atom. The van der Waals surface area contributed by atoms with Gasteiger partial charge in [-0.3, -0.25) is 9.48 Å². The number of carbonyl (C=O) groups is 1. The summed E-state index contributed by atoms with van der Waals surface area (Å²) in [5.74, 6) is -1.26. The van der Waals surface area contributed by atoms with Crippen molar-refractivity contribution in [3.8, 4) is 27.9 Å². The number of pyridine rings is 2. The monoisotopic (exact) mass is 576 g/mol. The predicted octanol–water partition coefficient (Wildman–Crippen LogP) is 6.50. The van der Waals surface area contributed by atoms with Crippen LogP contribution in [0.3, 0.4) is 0 Å². The minimum atomic E-state index is -0.675. The molecule has 2 aromatic carbocycles. The zero-order valence-corrected chi connectivity index (χ0v) is 23.2. The van der Waals surface area contributed by atoms with Crippen LogP contribution in [0.1, 0.15) is 47.2 Å². The lowest BCUT2D eigenvalue weighted by Crippen LogP contribution is -2.27. The molecule has 1 aliphatic rings. The number of carbonyl (C=O) groups excluding carboxylic acids is 1. The molecule has 1 fully saturated rings. The summed E-state index contributed by atoms with van der Waals surface area (Å²) in [5, 5.41) is 4.28.